The number of hydrogen-bond acceptors (Lipinski definition) is 2. The molecule has 0 spiro atoms. The summed E-state index contributed by atoms with van der Waals surface area (Å²) in [6.45, 7) is 6.06. The largest absolute Gasteiger partial charge is 0.506 e. The van der Waals surface area contributed by atoms with E-state index in [0.29, 0.717) is 16.0 Å². The van der Waals surface area contributed by atoms with Crippen LogP contribution in [-0.4, -0.2) is 11.7 Å². The van der Waals surface area contributed by atoms with Crippen LogP contribution in [0.25, 0.3) is 0 Å². The van der Waals surface area contributed by atoms with E-state index in [1.165, 1.54) is 0 Å². The SMILES string of the molecule is C=C(Cl)CNC(C)c1cc(Br)cc(Br)c1O. The molecular formula is C11H12Br2ClNO. The van der Waals surface area contributed by atoms with Gasteiger partial charge in [-0.1, -0.05) is 34.1 Å². The predicted octanol–water partition coefficient (Wildman–Crippen LogP) is 4.32. The standard InChI is InChI=1S/C11H12Br2ClNO/c1-6(14)5-15-7(2)9-3-8(12)4-10(13)11(9)16/h3-4,7,15-16H,1,5H2,2H3. The van der Waals surface area contributed by atoms with Crippen molar-refractivity contribution in [3.05, 3.63) is 38.3 Å². The second kappa shape index (κ2) is 6.05. The Morgan fingerprint density at radius 2 is 2.19 bits per heavy atom. The second-order valence-corrected chi connectivity index (χ2v) is 5.75. The molecular weight excluding hydrogens is 357 g/mol. The summed E-state index contributed by atoms with van der Waals surface area (Å²) in [7, 11) is 0. The smallest absolute Gasteiger partial charge is 0.134 e. The van der Waals surface area contributed by atoms with Crippen LogP contribution in [0.4, 0.5) is 0 Å². The van der Waals surface area contributed by atoms with Gasteiger partial charge in [-0.15, -0.1) is 0 Å². The molecule has 88 valence electrons. The lowest BCUT2D eigenvalue weighted by atomic mass is 10.1. The number of phenolic OH excluding ortho intramolecular Hbond substituents is 1. The molecule has 0 heterocycles. The van der Waals surface area contributed by atoms with E-state index >= 15 is 0 Å². The molecule has 0 aliphatic carbocycles. The zero-order chi connectivity index (χ0) is 12.3. The average molecular weight is 369 g/mol. The molecule has 16 heavy (non-hydrogen) atoms. The molecule has 0 saturated carbocycles. The van der Waals surface area contributed by atoms with Gasteiger partial charge < -0.3 is 10.4 Å². The number of phenols is 1. The van der Waals surface area contributed by atoms with Gasteiger partial charge >= 0.3 is 0 Å². The minimum atomic E-state index is -0.00991. The van der Waals surface area contributed by atoms with E-state index in [4.69, 9.17) is 11.6 Å². The highest BCUT2D eigenvalue weighted by atomic mass is 79.9. The van der Waals surface area contributed by atoms with Crippen LogP contribution in [0.15, 0.2) is 32.7 Å². The average Bonchev–Trinajstić information content (AvgIpc) is 2.19. The zero-order valence-electron chi connectivity index (χ0n) is 8.73. The summed E-state index contributed by atoms with van der Waals surface area (Å²) in [5, 5.41) is 13.6. The van der Waals surface area contributed by atoms with E-state index in [0.717, 1.165) is 10.0 Å². The van der Waals surface area contributed by atoms with E-state index in [-0.39, 0.29) is 11.8 Å². The van der Waals surface area contributed by atoms with Crippen LogP contribution >= 0.6 is 43.5 Å². The summed E-state index contributed by atoms with van der Waals surface area (Å²) < 4.78 is 1.57. The first-order valence-electron chi connectivity index (χ1n) is 4.66. The third kappa shape index (κ3) is 3.77. The van der Waals surface area contributed by atoms with E-state index in [2.05, 4.69) is 43.8 Å². The lowest BCUT2D eigenvalue weighted by molar-refractivity contribution is 0.452. The number of nitrogens with one attached hydrogen (secondary N) is 1. The second-order valence-electron chi connectivity index (χ2n) is 3.45. The first-order chi connectivity index (χ1) is 7.41. The van der Waals surface area contributed by atoms with Crippen LogP contribution in [0.2, 0.25) is 0 Å². The van der Waals surface area contributed by atoms with Crippen LogP contribution < -0.4 is 5.32 Å². The Morgan fingerprint density at radius 1 is 1.56 bits per heavy atom. The number of aromatic hydroxyl groups is 1. The maximum absolute atomic E-state index is 9.89. The molecule has 1 atom stereocenters. The van der Waals surface area contributed by atoms with E-state index in [1.54, 1.807) is 6.07 Å². The van der Waals surface area contributed by atoms with Gasteiger partial charge in [0.2, 0.25) is 0 Å². The number of halogens is 3. The Labute approximate surface area is 117 Å². The van der Waals surface area contributed by atoms with Gasteiger partial charge in [0.05, 0.1) is 4.47 Å². The summed E-state index contributed by atoms with van der Waals surface area (Å²) in [5.41, 5.74) is 0.805. The number of rotatable bonds is 4. The van der Waals surface area contributed by atoms with Gasteiger partial charge in [0.25, 0.3) is 0 Å². The van der Waals surface area contributed by atoms with Crippen LogP contribution in [0.1, 0.15) is 18.5 Å². The third-order valence-corrected chi connectivity index (χ3v) is 3.32. The van der Waals surface area contributed by atoms with Crippen molar-refractivity contribution in [2.45, 2.75) is 13.0 Å². The molecule has 0 saturated heterocycles. The Morgan fingerprint density at radius 3 is 2.75 bits per heavy atom. The Balaban J connectivity index is 2.90. The molecule has 1 aromatic carbocycles. The quantitative estimate of drug-likeness (QED) is 0.828. The molecule has 0 fully saturated rings. The van der Waals surface area contributed by atoms with Gasteiger partial charge in [-0.05, 0) is 35.0 Å². The molecule has 2 nitrogen and oxygen atoms in total. The molecule has 1 aromatic rings. The highest BCUT2D eigenvalue weighted by molar-refractivity contribution is 9.11. The van der Waals surface area contributed by atoms with Gasteiger partial charge in [-0.2, -0.15) is 0 Å². The van der Waals surface area contributed by atoms with Crippen LogP contribution in [-0.2, 0) is 0 Å². The topological polar surface area (TPSA) is 32.3 Å². The van der Waals surface area contributed by atoms with Crippen molar-refractivity contribution in [2.24, 2.45) is 0 Å². The Kier molecular flexibility index (Phi) is 5.31. The van der Waals surface area contributed by atoms with E-state index in [9.17, 15) is 5.11 Å². The van der Waals surface area contributed by atoms with Gasteiger partial charge in [0.15, 0.2) is 0 Å². The molecule has 0 amide bonds. The van der Waals surface area contributed by atoms with Crippen LogP contribution in [0.3, 0.4) is 0 Å². The Bertz CT molecular complexity index is 409. The molecule has 2 N–H and O–H groups in total. The molecule has 5 heteroatoms. The molecule has 1 rings (SSSR count). The predicted molar refractivity (Wildman–Crippen MR) is 74.9 cm³/mol. The minimum Gasteiger partial charge on any atom is -0.506 e. The van der Waals surface area contributed by atoms with E-state index in [1.807, 2.05) is 13.0 Å². The molecule has 0 aliphatic heterocycles. The molecule has 1 unspecified atom stereocenters. The van der Waals surface area contributed by atoms with Crippen molar-refractivity contribution in [2.75, 3.05) is 6.54 Å². The molecule has 0 aliphatic rings. The van der Waals surface area contributed by atoms with Crippen LogP contribution in [0, 0.1) is 0 Å². The molecule has 0 bridgehead atoms. The fourth-order valence-corrected chi connectivity index (χ4v) is 2.63. The van der Waals surface area contributed by atoms with Gasteiger partial charge in [0.1, 0.15) is 5.75 Å². The lowest BCUT2D eigenvalue weighted by Gasteiger charge is -2.16. The summed E-state index contributed by atoms with van der Waals surface area (Å²) in [6, 6.07) is 3.66. The lowest BCUT2D eigenvalue weighted by Crippen LogP contribution is -2.20. The first kappa shape index (κ1) is 14.0. The van der Waals surface area contributed by atoms with Crippen molar-refractivity contribution in [3.63, 3.8) is 0 Å². The number of hydrogen-bond donors (Lipinski definition) is 2. The fraction of sp³-hybridized carbons (Fsp3) is 0.273. The first-order valence-corrected chi connectivity index (χ1v) is 6.62. The highest BCUT2D eigenvalue weighted by Gasteiger charge is 2.13. The van der Waals surface area contributed by atoms with Crippen molar-refractivity contribution >= 4 is 43.5 Å². The van der Waals surface area contributed by atoms with Crippen molar-refractivity contribution in [1.29, 1.82) is 0 Å². The zero-order valence-corrected chi connectivity index (χ0v) is 12.7. The normalized spacial score (nSPS) is 12.5. The maximum atomic E-state index is 9.89. The summed E-state index contributed by atoms with van der Waals surface area (Å²) in [5.74, 6) is 0.239. The summed E-state index contributed by atoms with van der Waals surface area (Å²) >= 11 is 12.4. The maximum Gasteiger partial charge on any atom is 0.134 e. The highest BCUT2D eigenvalue weighted by Crippen LogP contribution is 2.35. The summed E-state index contributed by atoms with van der Waals surface area (Å²) in [4.78, 5) is 0. The molecule has 0 radical (unpaired) electrons. The van der Waals surface area contributed by atoms with Gasteiger partial charge in [0, 0.05) is 27.7 Å². The Hall–Kier alpha value is -0.0300. The van der Waals surface area contributed by atoms with E-state index < -0.39 is 0 Å². The monoisotopic (exact) mass is 367 g/mol. The number of benzene rings is 1. The van der Waals surface area contributed by atoms with Crippen molar-refractivity contribution in [1.82, 2.24) is 5.32 Å². The van der Waals surface area contributed by atoms with Crippen LogP contribution in [0.5, 0.6) is 5.75 Å². The third-order valence-electron chi connectivity index (χ3n) is 2.12. The van der Waals surface area contributed by atoms with Crippen molar-refractivity contribution in [3.8, 4) is 5.75 Å². The molecule has 0 aromatic heterocycles. The fourth-order valence-electron chi connectivity index (χ4n) is 1.29. The van der Waals surface area contributed by atoms with Crippen molar-refractivity contribution < 1.29 is 5.11 Å². The summed E-state index contributed by atoms with van der Waals surface area (Å²) in [6.07, 6.45) is 0. The minimum absolute atomic E-state index is 0.00991. The van der Waals surface area contributed by atoms with Gasteiger partial charge in [-0.3, -0.25) is 0 Å². The van der Waals surface area contributed by atoms with Gasteiger partial charge in [-0.25, -0.2) is 0 Å².